The van der Waals surface area contributed by atoms with E-state index in [1.54, 1.807) is 0 Å². The first-order valence-corrected chi connectivity index (χ1v) is 5.96. The second-order valence-corrected chi connectivity index (χ2v) is 4.78. The Bertz CT molecular complexity index is 592. The van der Waals surface area contributed by atoms with Crippen molar-refractivity contribution in [3.05, 3.63) is 23.8 Å². The maximum absolute atomic E-state index is 13.0. The lowest BCUT2D eigenvalue weighted by Gasteiger charge is -2.36. The van der Waals surface area contributed by atoms with E-state index in [4.69, 9.17) is 0 Å². The average molecular weight is 458 g/mol. The van der Waals surface area contributed by atoms with Crippen molar-refractivity contribution in [1.82, 2.24) is 0 Å². The van der Waals surface area contributed by atoms with Crippen LogP contribution in [0.3, 0.4) is 0 Å². The Morgan fingerprint density at radius 2 is 0.821 bits per heavy atom. The van der Waals surface area contributed by atoms with Crippen LogP contribution in [-0.4, -0.2) is 42.2 Å². The molecule has 0 aliphatic carbocycles. The molecule has 0 bridgehead atoms. The molecule has 0 fully saturated rings. The Labute approximate surface area is 142 Å². The number of allylic oxidation sites excluding steroid dienone is 4. The topological polar surface area (TPSA) is 0 Å². The average Bonchev–Trinajstić information content (AvgIpc) is 2.38. The van der Waals surface area contributed by atoms with Crippen molar-refractivity contribution < 1.29 is 74.6 Å². The third-order valence-electron chi connectivity index (χ3n) is 2.74. The van der Waals surface area contributed by atoms with Crippen molar-refractivity contribution in [3.63, 3.8) is 0 Å². The van der Waals surface area contributed by atoms with Gasteiger partial charge >= 0.3 is 42.2 Å². The molecule has 166 valence electrons. The van der Waals surface area contributed by atoms with Crippen LogP contribution in [0.5, 0.6) is 0 Å². The van der Waals surface area contributed by atoms with E-state index in [9.17, 15) is 74.6 Å². The van der Waals surface area contributed by atoms with Crippen molar-refractivity contribution in [2.24, 2.45) is 0 Å². The van der Waals surface area contributed by atoms with Gasteiger partial charge in [0.2, 0.25) is 0 Å². The van der Waals surface area contributed by atoms with Gasteiger partial charge in [-0.2, -0.15) is 74.6 Å². The molecule has 0 spiro atoms. The van der Waals surface area contributed by atoms with Crippen molar-refractivity contribution in [2.75, 3.05) is 0 Å². The molecule has 0 saturated carbocycles. The molecule has 0 aromatic heterocycles. The van der Waals surface area contributed by atoms with Crippen molar-refractivity contribution in [2.45, 2.75) is 42.2 Å². The first kappa shape index (κ1) is 26.3. The third-order valence-corrected chi connectivity index (χ3v) is 2.74. The predicted octanol–water partition coefficient (Wildman–Crippen LogP) is 6.70. The molecular weight excluding hydrogens is 455 g/mol. The molecule has 0 heterocycles. The van der Waals surface area contributed by atoms with Crippen LogP contribution >= 0.6 is 0 Å². The predicted molar refractivity (Wildman–Crippen MR) is 55.2 cm³/mol. The van der Waals surface area contributed by atoms with Gasteiger partial charge in [-0.3, -0.25) is 0 Å². The highest BCUT2D eigenvalue weighted by molar-refractivity contribution is 5.24. The SMILES string of the molecule is FC(F)(F)C(=CC=CC(F)(F)C(F)(F)C(F)(F)C(F)(F)C(F)(F)F)C(F)(F)F. The van der Waals surface area contributed by atoms with Crippen LogP contribution in [-0.2, 0) is 0 Å². The summed E-state index contributed by atoms with van der Waals surface area (Å²) >= 11 is 0. The van der Waals surface area contributed by atoms with E-state index < -0.39 is 66.0 Å². The van der Waals surface area contributed by atoms with Crippen LogP contribution in [0.4, 0.5) is 74.6 Å². The third kappa shape index (κ3) is 4.64. The Kier molecular flexibility index (Phi) is 6.54. The van der Waals surface area contributed by atoms with E-state index in [0.717, 1.165) is 0 Å². The second-order valence-electron chi connectivity index (χ2n) is 4.78. The summed E-state index contributed by atoms with van der Waals surface area (Å²) in [6, 6.07) is 0. The molecule has 0 unspecified atom stereocenters. The van der Waals surface area contributed by atoms with Crippen LogP contribution in [0.2, 0.25) is 0 Å². The summed E-state index contributed by atoms with van der Waals surface area (Å²) in [6.07, 6.45) is -24.4. The van der Waals surface area contributed by atoms with Gasteiger partial charge in [-0.15, -0.1) is 0 Å². The summed E-state index contributed by atoms with van der Waals surface area (Å²) in [4.78, 5) is 0. The molecule has 0 aromatic rings. The van der Waals surface area contributed by atoms with Gasteiger partial charge < -0.3 is 0 Å². The number of rotatable bonds is 5. The van der Waals surface area contributed by atoms with Crippen LogP contribution < -0.4 is 0 Å². The van der Waals surface area contributed by atoms with E-state index >= 15 is 0 Å². The van der Waals surface area contributed by atoms with Crippen LogP contribution in [0, 0.1) is 0 Å². The van der Waals surface area contributed by atoms with Gasteiger partial charge in [0.1, 0.15) is 5.57 Å². The molecule has 0 aliphatic heterocycles. The molecular formula is C11H3F17. The zero-order chi connectivity index (χ0) is 23.2. The summed E-state index contributed by atoms with van der Waals surface area (Å²) < 4.78 is 210. The highest BCUT2D eigenvalue weighted by Crippen LogP contribution is 2.57. The normalized spacial score (nSPS) is 15.9. The van der Waals surface area contributed by atoms with E-state index in [0.29, 0.717) is 0 Å². The summed E-state index contributed by atoms with van der Waals surface area (Å²) in [6.45, 7) is 0. The first-order chi connectivity index (χ1) is 11.8. The molecule has 0 rings (SSSR count). The van der Waals surface area contributed by atoms with E-state index in [-0.39, 0.29) is 0 Å². The highest BCUT2D eigenvalue weighted by atomic mass is 19.4. The van der Waals surface area contributed by atoms with Gasteiger partial charge in [0.05, 0.1) is 0 Å². The van der Waals surface area contributed by atoms with Crippen LogP contribution in [0.25, 0.3) is 0 Å². The van der Waals surface area contributed by atoms with E-state index in [1.165, 1.54) is 0 Å². The maximum Gasteiger partial charge on any atom is 0.460 e. The number of hydrogen-bond donors (Lipinski definition) is 0. The Morgan fingerprint density at radius 3 is 1.11 bits per heavy atom. The van der Waals surface area contributed by atoms with Crippen molar-refractivity contribution in [1.29, 1.82) is 0 Å². The largest absolute Gasteiger partial charge is 0.460 e. The molecule has 28 heavy (non-hydrogen) atoms. The molecule has 0 radical (unpaired) electrons. The molecule has 0 aromatic carbocycles. The van der Waals surface area contributed by atoms with Crippen LogP contribution in [0.1, 0.15) is 0 Å². The monoisotopic (exact) mass is 458 g/mol. The second kappa shape index (κ2) is 6.96. The van der Waals surface area contributed by atoms with Crippen LogP contribution in [0.15, 0.2) is 23.8 Å². The van der Waals surface area contributed by atoms with Crippen molar-refractivity contribution >= 4 is 0 Å². The number of hydrogen-bond acceptors (Lipinski definition) is 0. The van der Waals surface area contributed by atoms with Gasteiger partial charge in [-0.1, -0.05) is 6.08 Å². The van der Waals surface area contributed by atoms with Gasteiger partial charge in [-0.05, 0) is 12.2 Å². The summed E-state index contributed by atoms with van der Waals surface area (Å²) in [5.74, 6) is -29.9. The fourth-order valence-corrected chi connectivity index (χ4v) is 1.30. The lowest BCUT2D eigenvalue weighted by molar-refractivity contribution is -0.416. The lowest BCUT2D eigenvalue weighted by Crippen LogP contribution is -2.66. The molecule has 17 heteroatoms. The van der Waals surface area contributed by atoms with Gasteiger partial charge in [0.15, 0.2) is 0 Å². The minimum Gasteiger partial charge on any atom is -0.195 e. The standard InChI is InChI=1S/C11H3F17/c12-5(13,3-1-2-4(6(14,15)16)7(17,18)19)8(20,21)9(22,23)10(24,25)11(26,27)28/h1-3H. The first-order valence-electron chi connectivity index (χ1n) is 5.96. The van der Waals surface area contributed by atoms with Crippen molar-refractivity contribution in [3.8, 4) is 0 Å². The van der Waals surface area contributed by atoms with Gasteiger partial charge in [0, 0.05) is 0 Å². The highest BCUT2D eigenvalue weighted by Gasteiger charge is 2.86. The zero-order valence-electron chi connectivity index (χ0n) is 12.2. The van der Waals surface area contributed by atoms with Gasteiger partial charge in [-0.25, -0.2) is 0 Å². The minimum atomic E-state index is -7.84. The zero-order valence-corrected chi connectivity index (χ0v) is 12.2. The molecule has 0 N–H and O–H groups in total. The van der Waals surface area contributed by atoms with Gasteiger partial charge in [0.25, 0.3) is 0 Å². The molecule has 0 saturated heterocycles. The number of halogens is 17. The van der Waals surface area contributed by atoms with E-state index in [1.807, 2.05) is 0 Å². The quantitative estimate of drug-likeness (QED) is 0.318. The molecule has 0 amide bonds. The summed E-state index contributed by atoms with van der Waals surface area (Å²) in [5.41, 5.74) is -3.59. The Morgan fingerprint density at radius 1 is 0.464 bits per heavy atom. The van der Waals surface area contributed by atoms with E-state index in [2.05, 4.69) is 0 Å². The number of alkyl halides is 17. The summed E-state index contributed by atoms with van der Waals surface area (Å²) in [7, 11) is 0. The fraction of sp³-hybridized carbons (Fsp3) is 0.636. The Hall–Kier alpha value is -1.71. The lowest BCUT2D eigenvalue weighted by atomic mass is 9.97. The smallest absolute Gasteiger partial charge is 0.195 e. The molecule has 0 nitrogen and oxygen atoms in total. The maximum atomic E-state index is 13.0. The Balaban J connectivity index is 6.19. The minimum absolute atomic E-state index is 1.20. The summed E-state index contributed by atoms with van der Waals surface area (Å²) in [5, 5.41) is 0. The molecule has 0 atom stereocenters. The fourth-order valence-electron chi connectivity index (χ4n) is 1.30. The molecule has 0 aliphatic rings.